The second-order valence-corrected chi connectivity index (χ2v) is 3.88. The summed E-state index contributed by atoms with van der Waals surface area (Å²) in [6.07, 6.45) is 3.49. The van der Waals surface area contributed by atoms with Crippen LogP contribution in [0.2, 0.25) is 5.02 Å². The van der Waals surface area contributed by atoms with Crippen molar-refractivity contribution in [2.75, 3.05) is 0 Å². The molecule has 2 aromatic heterocycles. The van der Waals surface area contributed by atoms with Crippen LogP contribution in [0.5, 0.6) is 0 Å². The van der Waals surface area contributed by atoms with Gasteiger partial charge in [0.05, 0.1) is 27.9 Å². The Morgan fingerprint density at radius 2 is 2.07 bits per heavy atom. The summed E-state index contributed by atoms with van der Waals surface area (Å²) in [5.74, 6) is 0. The molecule has 0 unspecified atom stereocenters. The maximum absolute atomic E-state index is 6.16. The molecule has 3 aromatic rings. The second-order valence-electron chi connectivity index (χ2n) is 3.48. The molecular formula is C11H8ClN3. The van der Waals surface area contributed by atoms with Gasteiger partial charge in [-0.1, -0.05) is 11.6 Å². The van der Waals surface area contributed by atoms with Crippen LogP contribution in [0.25, 0.3) is 21.9 Å². The average Bonchev–Trinajstić information content (AvgIpc) is 2.61. The van der Waals surface area contributed by atoms with Gasteiger partial charge in [-0.3, -0.25) is 4.98 Å². The first-order valence-electron chi connectivity index (χ1n) is 4.61. The average molecular weight is 218 g/mol. The quantitative estimate of drug-likeness (QED) is 0.580. The monoisotopic (exact) mass is 217 g/mol. The van der Waals surface area contributed by atoms with Crippen molar-refractivity contribution in [3.63, 3.8) is 0 Å². The fourth-order valence-electron chi connectivity index (χ4n) is 1.80. The summed E-state index contributed by atoms with van der Waals surface area (Å²) in [6.45, 7) is 0. The first-order valence-corrected chi connectivity index (χ1v) is 4.99. The van der Waals surface area contributed by atoms with Crippen molar-refractivity contribution in [1.29, 1.82) is 0 Å². The van der Waals surface area contributed by atoms with E-state index in [9.17, 15) is 0 Å². The maximum Gasteiger partial charge on any atom is 0.0993 e. The Kier molecular flexibility index (Phi) is 1.70. The number of nitrogens with zero attached hydrogens (tertiary/aromatic N) is 3. The lowest BCUT2D eigenvalue weighted by atomic mass is 10.2. The number of hydrogen-bond acceptors (Lipinski definition) is 2. The highest BCUT2D eigenvalue weighted by atomic mass is 35.5. The third-order valence-electron chi connectivity index (χ3n) is 2.55. The highest BCUT2D eigenvalue weighted by molar-refractivity contribution is 6.37. The normalized spacial score (nSPS) is 11.3. The number of aromatic nitrogens is 3. The van der Waals surface area contributed by atoms with Gasteiger partial charge < -0.3 is 4.57 Å². The molecule has 0 radical (unpaired) electrons. The molecule has 0 fully saturated rings. The predicted molar refractivity (Wildman–Crippen MR) is 61.0 cm³/mol. The van der Waals surface area contributed by atoms with Gasteiger partial charge in [0, 0.05) is 18.6 Å². The van der Waals surface area contributed by atoms with E-state index in [2.05, 4.69) is 9.97 Å². The van der Waals surface area contributed by atoms with Gasteiger partial charge in [0.25, 0.3) is 0 Å². The van der Waals surface area contributed by atoms with E-state index in [0.29, 0.717) is 5.02 Å². The summed E-state index contributed by atoms with van der Waals surface area (Å²) < 4.78 is 1.97. The minimum absolute atomic E-state index is 0.698. The van der Waals surface area contributed by atoms with Crippen LogP contribution >= 0.6 is 11.6 Å². The Balaban J connectivity index is 2.64. The molecule has 0 bridgehead atoms. The Labute approximate surface area is 91.3 Å². The topological polar surface area (TPSA) is 30.7 Å². The van der Waals surface area contributed by atoms with E-state index in [4.69, 9.17) is 11.6 Å². The smallest absolute Gasteiger partial charge is 0.0993 e. The molecule has 0 N–H and O–H groups in total. The molecule has 0 atom stereocenters. The van der Waals surface area contributed by atoms with Crippen LogP contribution in [0.15, 0.2) is 30.7 Å². The molecule has 0 spiro atoms. The van der Waals surface area contributed by atoms with Crippen molar-refractivity contribution < 1.29 is 0 Å². The molecule has 3 nitrogen and oxygen atoms in total. The molecule has 4 heteroatoms. The number of hydrogen-bond donors (Lipinski definition) is 0. The van der Waals surface area contributed by atoms with Crippen molar-refractivity contribution in [1.82, 2.24) is 14.5 Å². The lowest BCUT2D eigenvalue weighted by Crippen LogP contribution is -1.85. The molecule has 3 rings (SSSR count). The lowest BCUT2D eigenvalue weighted by molar-refractivity contribution is 0.948. The fraction of sp³-hybridized carbons (Fsp3) is 0.0909. The summed E-state index contributed by atoms with van der Waals surface area (Å²) >= 11 is 6.16. The van der Waals surface area contributed by atoms with Crippen molar-refractivity contribution >= 4 is 33.5 Å². The van der Waals surface area contributed by atoms with Crippen LogP contribution in [-0.2, 0) is 7.05 Å². The SMILES string of the molecule is Cn1cnc2c3c(Cl)ccnc3ccc21. The number of aryl methyl sites for hydroxylation is 1. The summed E-state index contributed by atoms with van der Waals surface area (Å²) in [7, 11) is 1.96. The summed E-state index contributed by atoms with van der Waals surface area (Å²) in [5.41, 5.74) is 2.86. The zero-order valence-electron chi connectivity index (χ0n) is 8.11. The molecule has 2 heterocycles. The van der Waals surface area contributed by atoms with E-state index in [1.165, 1.54) is 0 Å². The number of rotatable bonds is 0. The molecule has 0 saturated heterocycles. The third-order valence-corrected chi connectivity index (χ3v) is 2.86. The second kappa shape index (κ2) is 2.94. The molecule has 1 aromatic carbocycles. The van der Waals surface area contributed by atoms with Crippen molar-refractivity contribution in [3.05, 3.63) is 35.7 Å². The summed E-state index contributed by atoms with van der Waals surface area (Å²) in [4.78, 5) is 8.61. The van der Waals surface area contributed by atoms with Crippen molar-refractivity contribution in [2.45, 2.75) is 0 Å². The van der Waals surface area contributed by atoms with E-state index in [-0.39, 0.29) is 0 Å². The Morgan fingerprint density at radius 3 is 2.93 bits per heavy atom. The number of fused-ring (bicyclic) bond motifs is 3. The largest absolute Gasteiger partial charge is 0.334 e. The van der Waals surface area contributed by atoms with E-state index < -0.39 is 0 Å². The minimum atomic E-state index is 0.698. The molecule has 0 aliphatic carbocycles. The Bertz CT molecular complexity index is 657. The standard InChI is InChI=1S/C11H8ClN3/c1-15-6-14-11-9(15)3-2-8-10(11)7(12)4-5-13-8/h2-6H,1H3. The summed E-state index contributed by atoms with van der Waals surface area (Å²) in [5, 5.41) is 1.63. The number of halogens is 1. The molecule has 0 aliphatic heterocycles. The lowest BCUT2D eigenvalue weighted by Gasteiger charge is -2.00. The van der Waals surface area contributed by atoms with Crippen molar-refractivity contribution in [2.24, 2.45) is 7.05 Å². The highest BCUT2D eigenvalue weighted by Gasteiger charge is 2.08. The van der Waals surface area contributed by atoms with Crippen molar-refractivity contribution in [3.8, 4) is 0 Å². The van der Waals surface area contributed by atoms with Gasteiger partial charge in [0.15, 0.2) is 0 Å². The zero-order valence-corrected chi connectivity index (χ0v) is 8.86. The van der Waals surface area contributed by atoms with Gasteiger partial charge >= 0.3 is 0 Å². The third kappa shape index (κ3) is 1.13. The minimum Gasteiger partial charge on any atom is -0.334 e. The van der Waals surface area contributed by atoms with Crippen LogP contribution in [0.4, 0.5) is 0 Å². The molecule has 0 saturated carbocycles. The van der Waals surface area contributed by atoms with Gasteiger partial charge in [-0.05, 0) is 18.2 Å². The van der Waals surface area contributed by atoms with E-state index in [1.54, 1.807) is 18.6 Å². The fourth-order valence-corrected chi connectivity index (χ4v) is 2.04. The predicted octanol–water partition coefficient (Wildman–Crippen LogP) is 2.77. The number of benzene rings is 1. The van der Waals surface area contributed by atoms with Gasteiger partial charge in [-0.15, -0.1) is 0 Å². The molecular weight excluding hydrogens is 210 g/mol. The van der Waals surface area contributed by atoms with Gasteiger partial charge in [0.2, 0.25) is 0 Å². The first kappa shape index (κ1) is 8.68. The van der Waals surface area contributed by atoms with E-state index in [0.717, 1.165) is 21.9 Å². The van der Waals surface area contributed by atoms with Gasteiger partial charge in [0.1, 0.15) is 0 Å². The first-order chi connectivity index (χ1) is 7.27. The van der Waals surface area contributed by atoms with Crippen LogP contribution in [0, 0.1) is 0 Å². The van der Waals surface area contributed by atoms with Crippen LogP contribution in [0.1, 0.15) is 0 Å². The molecule has 74 valence electrons. The van der Waals surface area contributed by atoms with E-state index >= 15 is 0 Å². The highest BCUT2D eigenvalue weighted by Crippen LogP contribution is 2.28. The number of pyridine rings is 1. The molecule has 0 amide bonds. The Hall–Kier alpha value is -1.61. The van der Waals surface area contributed by atoms with Crippen LogP contribution in [0.3, 0.4) is 0 Å². The number of imidazole rings is 1. The molecule has 15 heavy (non-hydrogen) atoms. The van der Waals surface area contributed by atoms with Gasteiger partial charge in [-0.25, -0.2) is 4.98 Å². The van der Waals surface area contributed by atoms with E-state index in [1.807, 2.05) is 23.7 Å². The Morgan fingerprint density at radius 1 is 1.20 bits per heavy atom. The van der Waals surface area contributed by atoms with Crippen LogP contribution < -0.4 is 0 Å². The zero-order chi connectivity index (χ0) is 10.4. The van der Waals surface area contributed by atoms with Crippen LogP contribution in [-0.4, -0.2) is 14.5 Å². The summed E-state index contributed by atoms with van der Waals surface area (Å²) in [6, 6.07) is 5.76. The molecule has 0 aliphatic rings. The maximum atomic E-state index is 6.16. The van der Waals surface area contributed by atoms with Gasteiger partial charge in [-0.2, -0.15) is 0 Å².